The van der Waals surface area contributed by atoms with Gasteiger partial charge < -0.3 is 24.4 Å². The summed E-state index contributed by atoms with van der Waals surface area (Å²) in [7, 11) is 2.95. The molecular formula is C20H27ClN2O6. The van der Waals surface area contributed by atoms with Crippen LogP contribution in [0.15, 0.2) is 12.1 Å². The van der Waals surface area contributed by atoms with Crippen LogP contribution in [0, 0.1) is 5.92 Å². The molecule has 1 aromatic carbocycles. The summed E-state index contributed by atoms with van der Waals surface area (Å²) >= 11 is 6.18. The maximum atomic E-state index is 12.5. The third kappa shape index (κ3) is 5.53. The lowest BCUT2D eigenvalue weighted by atomic mass is 10.1. The normalized spacial score (nSPS) is 16.1. The van der Waals surface area contributed by atoms with Gasteiger partial charge >= 0.3 is 5.97 Å². The number of anilines is 1. The van der Waals surface area contributed by atoms with Crippen LogP contribution in [0.5, 0.6) is 11.5 Å². The van der Waals surface area contributed by atoms with Gasteiger partial charge in [-0.15, -0.1) is 0 Å². The van der Waals surface area contributed by atoms with E-state index in [2.05, 4.69) is 5.32 Å². The molecule has 1 aliphatic rings. The number of amides is 2. The van der Waals surface area contributed by atoms with E-state index in [9.17, 15) is 14.4 Å². The number of benzene rings is 1. The van der Waals surface area contributed by atoms with Crippen molar-refractivity contribution in [3.63, 3.8) is 0 Å². The molecule has 0 saturated carbocycles. The van der Waals surface area contributed by atoms with Gasteiger partial charge in [-0.2, -0.15) is 0 Å². The quantitative estimate of drug-likeness (QED) is 0.610. The van der Waals surface area contributed by atoms with E-state index in [-0.39, 0.29) is 37.4 Å². The molecule has 1 atom stereocenters. The number of ether oxygens (including phenoxy) is 3. The van der Waals surface area contributed by atoms with E-state index in [0.717, 1.165) is 12.8 Å². The lowest BCUT2D eigenvalue weighted by molar-refractivity contribution is -0.152. The molecule has 0 unspecified atom stereocenters. The molecule has 160 valence electrons. The van der Waals surface area contributed by atoms with Gasteiger partial charge in [0.2, 0.25) is 5.91 Å². The van der Waals surface area contributed by atoms with Gasteiger partial charge in [-0.3, -0.25) is 14.4 Å². The number of hydrogen-bond acceptors (Lipinski definition) is 6. The van der Waals surface area contributed by atoms with Crippen molar-refractivity contribution in [1.29, 1.82) is 0 Å². The number of halogens is 1. The van der Waals surface area contributed by atoms with Gasteiger partial charge in [0.05, 0.1) is 30.8 Å². The predicted molar refractivity (Wildman–Crippen MR) is 108 cm³/mol. The summed E-state index contributed by atoms with van der Waals surface area (Å²) in [5, 5.41) is 3.12. The average Bonchev–Trinajstić information content (AvgIpc) is 3.11. The summed E-state index contributed by atoms with van der Waals surface area (Å²) in [5.41, 5.74) is 0.449. The Morgan fingerprint density at radius 3 is 2.45 bits per heavy atom. The maximum Gasteiger partial charge on any atom is 0.311 e. The topological polar surface area (TPSA) is 94.2 Å². The van der Waals surface area contributed by atoms with E-state index in [1.807, 2.05) is 13.8 Å². The first-order chi connectivity index (χ1) is 13.8. The maximum absolute atomic E-state index is 12.5. The Kier molecular flexibility index (Phi) is 8.13. The number of methoxy groups -OCH3 is 2. The number of hydrogen-bond donors (Lipinski definition) is 1. The number of esters is 1. The number of carbonyl (C=O) groups is 3. The zero-order valence-electron chi connectivity index (χ0n) is 17.1. The molecule has 2 amide bonds. The summed E-state index contributed by atoms with van der Waals surface area (Å²) in [6, 6.07) is 3.20. The van der Waals surface area contributed by atoms with Gasteiger partial charge in [0.1, 0.15) is 11.5 Å². The molecule has 1 N–H and O–H groups in total. The molecule has 1 heterocycles. The number of nitrogens with zero attached hydrogens (tertiary/aromatic N) is 1. The number of nitrogens with one attached hydrogen (secondary N) is 1. The average molecular weight is 427 g/mol. The first-order valence-corrected chi connectivity index (χ1v) is 9.90. The summed E-state index contributed by atoms with van der Waals surface area (Å²) in [5.74, 6) is -1.05. The molecule has 1 fully saturated rings. The minimum Gasteiger partial charge on any atom is -0.495 e. The van der Waals surface area contributed by atoms with Gasteiger partial charge in [-0.25, -0.2) is 0 Å². The highest BCUT2D eigenvalue weighted by molar-refractivity contribution is 6.32. The minimum atomic E-state index is -0.672. The lowest BCUT2D eigenvalue weighted by Gasteiger charge is -2.21. The highest BCUT2D eigenvalue weighted by Crippen LogP contribution is 2.40. The Balaban J connectivity index is 2.02. The van der Waals surface area contributed by atoms with Crippen molar-refractivity contribution in [2.24, 2.45) is 5.92 Å². The standard InChI is InChI=1S/C20H27ClN2O6/c1-5-13(6-2)22-18(24)11-29-20(26)12-7-19(25)23(10-12)15-8-14(21)16(27-3)9-17(15)28-4/h8-9,12-13H,5-7,10-11H2,1-4H3,(H,22,24)/t12-/m1/s1. The smallest absolute Gasteiger partial charge is 0.311 e. The molecule has 29 heavy (non-hydrogen) atoms. The molecule has 1 saturated heterocycles. The van der Waals surface area contributed by atoms with Gasteiger partial charge in [-0.05, 0) is 18.9 Å². The third-order valence-corrected chi connectivity index (χ3v) is 5.19. The van der Waals surface area contributed by atoms with E-state index in [4.69, 9.17) is 25.8 Å². The van der Waals surface area contributed by atoms with E-state index in [0.29, 0.717) is 22.2 Å². The first-order valence-electron chi connectivity index (χ1n) is 9.52. The largest absolute Gasteiger partial charge is 0.495 e. The van der Waals surface area contributed by atoms with Crippen LogP contribution in [0.4, 0.5) is 5.69 Å². The molecular weight excluding hydrogens is 400 g/mol. The summed E-state index contributed by atoms with van der Waals surface area (Å²) < 4.78 is 15.6. The van der Waals surface area contributed by atoms with Crippen LogP contribution >= 0.6 is 11.6 Å². The third-order valence-electron chi connectivity index (χ3n) is 4.90. The monoisotopic (exact) mass is 426 g/mol. The molecule has 0 bridgehead atoms. The molecule has 9 heteroatoms. The molecule has 0 spiro atoms. The van der Waals surface area contributed by atoms with Crippen molar-refractivity contribution in [2.75, 3.05) is 32.3 Å². The van der Waals surface area contributed by atoms with E-state index >= 15 is 0 Å². The van der Waals surface area contributed by atoms with Crippen LogP contribution < -0.4 is 19.7 Å². The van der Waals surface area contributed by atoms with Crippen molar-refractivity contribution < 1.29 is 28.6 Å². The molecule has 8 nitrogen and oxygen atoms in total. The fourth-order valence-corrected chi connectivity index (χ4v) is 3.41. The zero-order chi connectivity index (χ0) is 21.6. The van der Waals surface area contributed by atoms with E-state index in [1.54, 1.807) is 12.1 Å². The number of carbonyl (C=O) groups excluding carboxylic acids is 3. The fourth-order valence-electron chi connectivity index (χ4n) is 3.17. The van der Waals surface area contributed by atoms with Gasteiger partial charge in [0.25, 0.3) is 5.91 Å². The fraction of sp³-hybridized carbons (Fsp3) is 0.550. The Morgan fingerprint density at radius 2 is 1.86 bits per heavy atom. The van der Waals surface area contributed by atoms with Gasteiger partial charge in [0, 0.05) is 25.1 Å². The molecule has 1 aliphatic heterocycles. The van der Waals surface area contributed by atoms with Crippen LogP contribution in [0.25, 0.3) is 0 Å². The molecule has 0 aromatic heterocycles. The van der Waals surface area contributed by atoms with Crippen molar-refractivity contribution >= 4 is 35.1 Å². The molecule has 0 aliphatic carbocycles. The summed E-state index contributed by atoms with van der Waals surface area (Å²) in [6.07, 6.45) is 1.59. The second-order valence-corrected chi connectivity index (χ2v) is 7.16. The Hall–Kier alpha value is -2.48. The van der Waals surface area contributed by atoms with Crippen LogP contribution in [0.2, 0.25) is 5.02 Å². The van der Waals surface area contributed by atoms with Crippen molar-refractivity contribution in [1.82, 2.24) is 5.32 Å². The Morgan fingerprint density at radius 1 is 1.21 bits per heavy atom. The highest BCUT2D eigenvalue weighted by Gasteiger charge is 2.38. The second-order valence-electron chi connectivity index (χ2n) is 6.75. The summed E-state index contributed by atoms with van der Waals surface area (Å²) in [4.78, 5) is 38.2. The van der Waals surface area contributed by atoms with Gasteiger partial charge in [-0.1, -0.05) is 25.4 Å². The van der Waals surface area contributed by atoms with Crippen LogP contribution in [-0.4, -0.2) is 51.2 Å². The highest BCUT2D eigenvalue weighted by atomic mass is 35.5. The van der Waals surface area contributed by atoms with Crippen LogP contribution in [0.3, 0.4) is 0 Å². The Labute approximate surface area is 175 Å². The van der Waals surface area contributed by atoms with Crippen molar-refractivity contribution in [3.05, 3.63) is 17.2 Å². The molecule has 0 radical (unpaired) electrons. The summed E-state index contributed by atoms with van der Waals surface area (Å²) in [6.45, 7) is 3.69. The molecule has 1 aromatic rings. The van der Waals surface area contributed by atoms with Gasteiger partial charge in [0.15, 0.2) is 6.61 Å². The predicted octanol–water partition coefficient (Wildman–Crippen LogP) is 2.56. The number of rotatable bonds is 9. The van der Waals surface area contributed by atoms with E-state index in [1.165, 1.54) is 19.1 Å². The lowest BCUT2D eigenvalue weighted by Crippen LogP contribution is -2.37. The van der Waals surface area contributed by atoms with Crippen molar-refractivity contribution in [2.45, 2.75) is 39.2 Å². The van der Waals surface area contributed by atoms with Crippen LogP contribution in [-0.2, 0) is 19.1 Å². The SMILES string of the molecule is CCC(CC)NC(=O)COC(=O)[C@@H]1CC(=O)N(c2cc(Cl)c(OC)cc2OC)C1. The molecule has 2 rings (SSSR count). The van der Waals surface area contributed by atoms with Crippen molar-refractivity contribution in [3.8, 4) is 11.5 Å². The van der Waals surface area contributed by atoms with Crippen LogP contribution in [0.1, 0.15) is 33.1 Å². The first kappa shape index (κ1) is 22.8. The Bertz CT molecular complexity index is 766. The second kappa shape index (κ2) is 10.3. The zero-order valence-corrected chi connectivity index (χ0v) is 17.9. The van der Waals surface area contributed by atoms with E-state index < -0.39 is 11.9 Å². The minimum absolute atomic E-state index is 0.0141.